The monoisotopic (exact) mass is 258 g/mol. The molecule has 1 aliphatic carbocycles. The molecule has 3 rings (SSSR count). The number of fused-ring (bicyclic) bond motifs is 1. The minimum absolute atomic E-state index is 0.178. The van der Waals surface area contributed by atoms with Crippen molar-refractivity contribution in [3.05, 3.63) is 70.2 Å². The first-order chi connectivity index (χ1) is 8.75. The highest BCUT2D eigenvalue weighted by atomic mass is 35.5. The molecular formula is C16H15ClO. The smallest absolute Gasteiger partial charge is 0.0861 e. The molecule has 0 spiro atoms. The molecule has 0 amide bonds. The Hall–Kier alpha value is -1.31. The maximum atomic E-state index is 10.5. The molecule has 0 aromatic heterocycles. The predicted molar refractivity (Wildman–Crippen MR) is 73.9 cm³/mol. The number of aryl methyl sites for hydroxylation is 1. The summed E-state index contributed by atoms with van der Waals surface area (Å²) in [7, 11) is 0. The molecule has 0 heterocycles. The van der Waals surface area contributed by atoms with Crippen LogP contribution in [0.1, 0.15) is 35.1 Å². The summed E-state index contributed by atoms with van der Waals surface area (Å²) in [6, 6.07) is 16.1. The van der Waals surface area contributed by atoms with Crippen LogP contribution in [0.25, 0.3) is 0 Å². The summed E-state index contributed by atoms with van der Waals surface area (Å²) in [4.78, 5) is 0. The third-order valence-corrected chi connectivity index (χ3v) is 4.00. The topological polar surface area (TPSA) is 20.2 Å². The number of rotatable bonds is 1. The largest absolute Gasteiger partial charge is 0.388 e. The maximum absolute atomic E-state index is 10.5. The summed E-state index contributed by atoms with van der Waals surface area (Å²) in [5.74, 6) is 0.178. The van der Waals surface area contributed by atoms with Crippen LogP contribution in [0.2, 0.25) is 5.02 Å². The Morgan fingerprint density at radius 2 is 1.83 bits per heavy atom. The van der Waals surface area contributed by atoms with Crippen molar-refractivity contribution < 1.29 is 5.11 Å². The molecule has 1 N–H and O–H groups in total. The van der Waals surface area contributed by atoms with Gasteiger partial charge in [-0.3, -0.25) is 0 Å². The Morgan fingerprint density at radius 3 is 2.61 bits per heavy atom. The fourth-order valence-corrected chi connectivity index (χ4v) is 2.98. The van der Waals surface area contributed by atoms with Gasteiger partial charge in [-0.15, -0.1) is 0 Å². The lowest BCUT2D eigenvalue weighted by atomic mass is 9.78. The lowest BCUT2D eigenvalue weighted by Gasteiger charge is -2.30. The first-order valence-electron chi connectivity index (χ1n) is 6.27. The molecule has 92 valence electrons. The SMILES string of the molecule is O[C@H]1c2cc(Cl)ccc2CC[C@@H]1c1ccccc1. The van der Waals surface area contributed by atoms with Crippen molar-refractivity contribution in [1.82, 2.24) is 0 Å². The van der Waals surface area contributed by atoms with E-state index in [2.05, 4.69) is 12.1 Å². The fourth-order valence-electron chi connectivity index (χ4n) is 2.80. The van der Waals surface area contributed by atoms with Crippen molar-refractivity contribution >= 4 is 11.6 Å². The van der Waals surface area contributed by atoms with Gasteiger partial charge in [0.15, 0.2) is 0 Å². The van der Waals surface area contributed by atoms with Crippen molar-refractivity contribution in [3.63, 3.8) is 0 Å². The predicted octanol–water partition coefficient (Wildman–Crippen LogP) is 4.10. The average Bonchev–Trinajstić information content (AvgIpc) is 2.41. The number of aliphatic hydroxyl groups excluding tert-OH is 1. The summed E-state index contributed by atoms with van der Waals surface area (Å²) in [6.07, 6.45) is 1.54. The average molecular weight is 259 g/mol. The molecule has 1 nitrogen and oxygen atoms in total. The molecule has 2 aromatic rings. The Morgan fingerprint density at radius 1 is 1.06 bits per heavy atom. The molecule has 0 radical (unpaired) electrons. The molecule has 2 atom stereocenters. The van der Waals surface area contributed by atoms with Gasteiger partial charge in [-0.1, -0.05) is 48.0 Å². The zero-order valence-electron chi connectivity index (χ0n) is 10.0. The first-order valence-corrected chi connectivity index (χ1v) is 6.65. The number of halogens is 1. The highest BCUT2D eigenvalue weighted by molar-refractivity contribution is 6.30. The second-order valence-corrected chi connectivity index (χ2v) is 5.28. The van der Waals surface area contributed by atoms with Crippen molar-refractivity contribution in [2.75, 3.05) is 0 Å². The Kier molecular flexibility index (Phi) is 3.11. The molecule has 1 aliphatic rings. The molecule has 18 heavy (non-hydrogen) atoms. The summed E-state index contributed by atoms with van der Waals surface area (Å²) >= 11 is 6.02. The molecule has 0 aliphatic heterocycles. The number of benzene rings is 2. The number of hydrogen-bond donors (Lipinski definition) is 1. The van der Waals surface area contributed by atoms with Gasteiger partial charge in [0.1, 0.15) is 0 Å². The lowest BCUT2D eigenvalue weighted by Crippen LogP contribution is -2.18. The van der Waals surface area contributed by atoms with E-state index in [1.54, 1.807) is 0 Å². The molecular weight excluding hydrogens is 244 g/mol. The zero-order valence-corrected chi connectivity index (χ0v) is 10.8. The Labute approximate surface area is 112 Å². The summed E-state index contributed by atoms with van der Waals surface area (Å²) in [5.41, 5.74) is 3.41. The van der Waals surface area contributed by atoms with E-state index in [-0.39, 0.29) is 5.92 Å². The summed E-state index contributed by atoms with van der Waals surface area (Å²) in [5, 5.41) is 11.2. The lowest BCUT2D eigenvalue weighted by molar-refractivity contribution is 0.131. The van der Waals surface area contributed by atoms with Crippen molar-refractivity contribution in [3.8, 4) is 0 Å². The number of aliphatic hydroxyl groups is 1. The van der Waals surface area contributed by atoms with E-state index in [0.717, 1.165) is 18.4 Å². The highest BCUT2D eigenvalue weighted by Gasteiger charge is 2.28. The van der Waals surface area contributed by atoms with Gasteiger partial charge < -0.3 is 5.11 Å². The van der Waals surface area contributed by atoms with Gasteiger partial charge in [0.25, 0.3) is 0 Å². The van der Waals surface area contributed by atoms with Crippen LogP contribution in [-0.2, 0) is 6.42 Å². The zero-order chi connectivity index (χ0) is 12.5. The fraction of sp³-hybridized carbons (Fsp3) is 0.250. The van der Waals surface area contributed by atoms with Crippen LogP contribution in [0.15, 0.2) is 48.5 Å². The van der Waals surface area contributed by atoms with Gasteiger partial charge in [0, 0.05) is 10.9 Å². The molecule has 0 saturated heterocycles. The summed E-state index contributed by atoms with van der Waals surface area (Å²) < 4.78 is 0. The van der Waals surface area contributed by atoms with Crippen molar-refractivity contribution in [2.24, 2.45) is 0 Å². The first kappa shape index (κ1) is 11.8. The second kappa shape index (κ2) is 4.75. The van der Waals surface area contributed by atoms with Gasteiger partial charge in [0.05, 0.1) is 6.10 Å². The second-order valence-electron chi connectivity index (χ2n) is 4.84. The maximum Gasteiger partial charge on any atom is 0.0861 e. The molecule has 0 bridgehead atoms. The van der Waals surface area contributed by atoms with E-state index in [0.29, 0.717) is 5.02 Å². The minimum atomic E-state index is -0.449. The van der Waals surface area contributed by atoms with Crippen LogP contribution >= 0.6 is 11.6 Å². The van der Waals surface area contributed by atoms with Crippen molar-refractivity contribution in [1.29, 1.82) is 0 Å². The standard InChI is InChI=1S/C16H15ClO/c17-13-8-6-12-7-9-14(16(18)15(12)10-13)11-4-2-1-3-5-11/h1-6,8,10,14,16,18H,7,9H2/t14-,16-/m1/s1. The van der Waals surface area contributed by atoms with Crippen LogP contribution < -0.4 is 0 Å². The van der Waals surface area contributed by atoms with E-state index >= 15 is 0 Å². The van der Waals surface area contributed by atoms with Crippen LogP contribution in [0.3, 0.4) is 0 Å². The van der Waals surface area contributed by atoms with E-state index < -0.39 is 6.10 Å². The van der Waals surface area contributed by atoms with E-state index in [4.69, 9.17) is 11.6 Å². The number of hydrogen-bond acceptors (Lipinski definition) is 1. The van der Waals surface area contributed by atoms with Crippen molar-refractivity contribution in [2.45, 2.75) is 24.9 Å². The van der Waals surface area contributed by atoms with Crippen LogP contribution in [0, 0.1) is 0 Å². The van der Waals surface area contributed by atoms with Gasteiger partial charge >= 0.3 is 0 Å². The van der Waals surface area contributed by atoms with E-state index in [9.17, 15) is 5.11 Å². The highest BCUT2D eigenvalue weighted by Crippen LogP contribution is 2.41. The third kappa shape index (κ3) is 2.05. The molecule has 2 aromatic carbocycles. The normalized spacial score (nSPS) is 22.6. The van der Waals surface area contributed by atoms with Gasteiger partial charge in [-0.25, -0.2) is 0 Å². The van der Waals surface area contributed by atoms with Gasteiger partial charge in [-0.05, 0) is 41.7 Å². The van der Waals surface area contributed by atoms with E-state index in [1.807, 2.05) is 36.4 Å². The summed E-state index contributed by atoms with van der Waals surface area (Å²) in [6.45, 7) is 0. The van der Waals surface area contributed by atoms with Crippen LogP contribution in [0.4, 0.5) is 0 Å². The Balaban J connectivity index is 1.99. The molecule has 2 heteroatoms. The molecule has 0 unspecified atom stereocenters. The van der Waals surface area contributed by atoms with Crippen LogP contribution in [0.5, 0.6) is 0 Å². The van der Waals surface area contributed by atoms with E-state index in [1.165, 1.54) is 11.1 Å². The van der Waals surface area contributed by atoms with Crippen LogP contribution in [-0.4, -0.2) is 5.11 Å². The van der Waals surface area contributed by atoms with Gasteiger partial charge in [-0.2, -0.15) is 0 Å². The molecule has 0 saturated carbocycles. The quantitative estimate of drug-likeness (QED) is 0.816. The minimum Gasteiger partial charge on any atom is -0.388 e. The molecule has 0 fully saturated rings. The van der Waals surface area contributed by atoms with Gasteiger partial charge in [0.2, 0.25) is 0 Å². The Bertz CT molecular complexity index is 550. The third-order valence-electron chi connectivity index (χ3n) is 3.76.